The number of carbonyl (C=O) groups is 1. The normalized spacial score (nSPS) is 17.2. The van der Waals surface area contributed by atoms with E-state index >= 15 is 0 Å². The molecule has 1 fully saturated rings. The van der Waals surface area contributed by atoms with Crippen LogP contribution in [-0.2, 0) is 11.3 Å². The van der Waals surface area contributed by atoms with E-state index in [0.29, 0.717) is 19.6 Å². The minimum atomic E-state index is -0.0121. The van der Waals surface area contributed by atoms with Gasteiger partial charge in [-0.1, -0.05) is 12.1 Å². The molecule has 0 aromatic heterocycles. The first kappa shape index (κ1) is 19.1. The van der Waals surface area contributed by atoms with Gasteiger partial charge in [0, 0.05) is 37.7 Å². The maximum atomic E-state index is 12.6. The van der Waals surface area contributed by atoms with Gasteiger partial charge in [0.15, 0.2) is 0 Å². The largest absolute Gasteiger partial charge is 0.376 e. The molecule has 1 aliphatic rings. The van der Waals surface area contributed by atoms with Gasteiger partial charge in [0.25, 0.3) is 0 Å². The fraction of sp³-hybridized carbons (Fsp3) is 0.611. The van der Waals surface area contributed by atoms with Crippen LogP contribution in [0, 0.1) is 0 Å². The van der Waals surface area contributed by atoms with Gasteiger partial charge in [-0.3, -0.25) is 0 Å². The molecule has 2 amide bonds. The zero-order valence-electron chi connectivity index (χ0n) is 15.0. The molecule has 134 valence electrons. The van der Waals surface area contributed by atoms with Crippen LogP contribution in [0.5, 0.6) is 0 Å². The Morgan fingerprint density at radius 3 is 2.88 bits per heavy atom. The molecule has 24 heavy (non-hydrogen) atoms. The fourth-order valence-electron chi connectivity index (χ4n) is 2.70. The second-order valence-electron chi connectivity index (χ2n) is 6.39. The zero-order valence-corrected chi connectivity index (χ0v) is 15.8. The van der Waals surface area contributed by atoms with Crippen molar-refractivity contribution in [1.82, 2.24) is 15.1 Å². The molecule has 0 spiro atoms. The van der Waals surface area contributed by atoms with Crippen molar-refractivity contribution >= 4 is 17.8 Å². The van der Waals surface area contributed by atoms with E-state index in [2.05, 4.69) is 28.6 Å². The van der Waals surface area contributed by atoms with E-state index < -0.39 is 0 Å². The highest BCUT2D eigenvalue weighted by Crippen LogP contribution is 2.16. The van der Waals surface area contributed by atoms with Crippen LogP contribution < -0.4 is 5.32 Å². The Morgan fingerprint density at radius 2 is 2.21 bits per heavy atom. The van der Waals surface area contributed by atoms with Gasteiger partial charge >= 0.3 is 6.03 Å². The van der Waals surface area contributed by atoms with Gasteiger partial charge in [-0.05, 0) is 50.9 Å². The number of benzene rings is 1. The molecule has 1 saturated heterocycles. The van der Waals surface area contributed by atoms with E-state index in [1.807, 2.05) is 31.1 Å². The Kier molecular flexibility index (Phi) is 7.88. The number of rotatable bonds is 8. The minimum absolute atomic E-state index is 0.0121. The summed E-state index contributed by atoms with van der Waals surface area (Å²) in [6, 6.07) is 8.27. The average Bonchev–Trinajstić information content (AvgIpc) is 3.09. The smallest absolute Gasteiger partial charge is 0.317 e. The van der Waals surface area contributed by atoms with Crippen molar-refractivity contribution in [2.45, 2.75) is 30.4 Å². The molecule has 1 N–H and O–H groups in total. The van der Waals surface area contributed by atoms with Gasteiger partial charge in [0.2, 0.25) is 0 Å². The monoisotopic (exact) mass is 351 g/mol. The molecule has 6 heteroatoms. The molecule has 1 heterocycles. The summed E-state index contributed by atoms with van der Waals surface area (Å²) in [5.41, 5.74) is 1.12. The van der Waals surface area contributed by atoms with Crippen LogP contribution in [0.1, 0.15) is 18.4 Å². The highest BCUT2D eigenvalue weighted by molar-refractivity contribution is 7.98. The summed E-state index contributed by atoms with van der Waals surface area (Å²) in [6.45, 7) is 3.60. The molecule has 0 saturated carbocycles. The molecule has 1 aromatic rings. The number of ether oxygens (including phenoxy) is 1. The van der Waals surface area contributed by atoms with Crippen molar-refractivity contribution in [2.75, 3.05) is 46.6 Å². The lowest BCUT2D eigenvalue weighted by molar-refractivity contribution is 0.0795. The van der Waals surface area contributed by atoms with Gasteiger partial charge in [-0.15, -0.1) is 11.8 Å². The summed E-state index contributed by atoms with van der Waals surface area (Å²) in [6.07, 6.45) is 4.37. The minimum Gasteiger partial charge on any atom is -0.376 e. The Labute approximate surface area is 149 Å². The van der Waals surface area contributed by atoms with Crippen LogP contribution in [0.25, 0.3) is 0 Å². The Bertz CT molecular complexity index is 519. The summed E-state index contributed by atoms with van der Waals surface area (Å²) in [5.74, 6) is 0. The third-order valence-corrected chi connectivity index (χ3v) is 4.86. The maximum Gasteiger partial charge on any atom is 0.317 e. The van der Waals surface area contributed by atoms with Crippen molar-refractivity contribution < 1.29 is 9.53 Å². The molecule has 1 atom stereocenters. The van der Waals surface area contributed by atoms with Crippen LogP contribution >= 0.6 is 11.8 Å². The van der Waals surface area contributed by atoms with E-state index in [4.69, 9.17) is 4.74 Å². The topological polar surface area (TPSA) is 44.8 Å². The average molecular weight is 352 g/mol. The van der Waals surface area contributed by atoms with E-state index in [-0.39, 0.29) is 12.1 Å². The van der Waals surface area contributed by atoms with Crippen LogP contribution in [0.4, 0.5) is 4.79 Å². The number of hydrogen-bond donors (Lipinski definition) is 1. The number of likely N-dealkylation sites (N-methyl/N-ethyl adjacent to an activating group) is 1. The molecule has 0 radical (unpaired) electrons. The Balaban J connectivity index is 1.89. The van der Waals surface area contributed by atoms with E-state index in [1.165, 1.54) is 4.90 Å². The number of urea groups is 1. The summed E-state index contributed by atoms with van der Waals surface area (Å²) in [7, 11) is 4.05. The molecule has 2 rings (SSSR count). The second kappa shape index (κ2) is 9.91. The van der Waals surface area contributed by atoms with Gasteiger partial charge in [-0.2, -0.15) is 0 Å². The second-order valence-corrected chi connectivity index (χ2v) is 7.27. The number of nitrogens with one attached hydrogen (secondary N) is 1. The lowest BCUT2D eigenvalue weighted by Gasteiger charge is -2.27. The predicted molar refractivity (Wildman–Crippen MR) is 99.6 cm³/mol. The fourth-order valence-corrected chi connectivity index (χ4v) is 3.19. The maximum absolute atomic E-state index is 12.6. The van der Waals surface area contributed by atoms with E-state index in [0.717, 1.165) is 31.6 Å². The lowest BCUT2D eigenvalue weighted by Crippen LogP contribution is -2.46. The summed E-state index contributed by atoms with van der Waals surface area (Å²) < 4.78 is 5.70. The molecule has 1 aliphatic heterocycles. The number of thioether (sulfide) groups is 1. The number of nitrogens with zero attached hydrogens (tertiary/aromatic N) is 2. The van der Waals surface area contributed by atoms with Crippen molar-refractivity contribution in [3.63, 3.8) is 0 Å². The zero-order chi connectivity index (χ0) is 17.4. The summed E-state index contributed by atoms with van der Waals surface area (Å²) >= 11 is 1.71. The van der Waals surface area contributed by atoms with Gasteiger partial charge in [-0.25, -0.2) is 4.79 Å². The third kappa shape index (κ3) is 6.34. The van der Waals surface area contributed by atoms with Crippen LogP contribution in [-0.4, -0.2) is 68.5 Å². The summed E-state index contributed by atoms with van der Waals surface area (Å²) in [5, 5.41) is 3.05. The SMILES string of the molecule is CSc1cccc(CNC(=O)N(CCN(C)C)C[C@@H]2CCCO2)c1. The third-order valence-electron chi connectivity index (χ3n) is 4.13. The van der Waals surface area contributed by atoms with Gasteiger partial charge in [0.1, 0.15) is 0 Å². The molecule has 0 aliphatic carbocycles. The number of carbonyl (C=O) groups excluding carboxylic acids is 1. The van der Waals surface area contributed by atoms with Crippen LogP contribution in [0.2, 0.25) is 0 Å². The molecular formula is C18H29N3O2S. The standard InChI is InChI=1S/C18H29N3O2S/c1-20(2)9-10-21(14-16-7-5-11-23-16)18(22)19-13-15-6-4-8-17(12-15)24-3/h4,6,8,12,16H,5,7,9-11,13-14H2,1-3H3,(H,19,22)/t16-/m0/s1. The first-order chi connectivity index (χ1) is 11.6. The first-order valence-corrected chi connectivity index (χ1v) is 9.73. The van der Waals surface area contributed by atoms with Crippen LogP contribution in [0.3, 0.4) is 0 Å². The van der Waals surface area contributed by atoms with Crippen molar-refractivity contribution in [2.24, 2.45) is 0 Å². The molecular weight excluding hydrogens is 322 g/mol. The van der Waals surface area contributed by atoms with Gasteiger partial charge in [0.05, 0.1) is 6.10 Å². The van der Waals surface area contributed by atoms with E-state index in [1.54, 1.807) is 11.8 Å². The lowest BCUT2D eigenvalue weighted by atomic mass is 10.2. The number of hydrogen-bond acceptors (Lipinski definition) is 4. The molecule has 0 bridgehead atoms. The highest BCUT2D eigenvalue weighted by atomic mass is 32.2. The quantitative estimate of drug-likeness (QED) is 0.732. The van der Waals surface area contributed by atoms with Gasteiger partial charge < -0.3 is 19.9 Å². The summed E-state index contributed by atoms with van der Waals surface area (Å²) in [4.78, 5) is 17.8. The number of amides is 2. The van der Waals surface area contributed by atoms with Crippen LogP contribution in [0.15, 0.2) is 29.2 Å². The Hall–Kier alpha value is -1.24. The molecule has 5 nitrogen and oxygen atoms in total. The predicted octanol–water partition coefficient (Wildman–Crippen LogP) is 2.66. The van der Waals surface area contributed by atoms with Crippen molar-refractivity contribution in [3.8, 4) is 0 Å². The first-order valence-electron chi connectivity index (χ1n) is 8.50. The van der Waals surface area contributed by atoms with E-state index in [9.17, 15) is 4.79 Å². The Morgan fingerprint density at radius 1 is 1.38 bits per heavy atom. The molecule has 0 unspecified atom stereocenters. The molecule has 1 aromatic carbocycles. The highest BCUT2D eigenvalue weighted by Gasteiger charge is 2.22. The van der Waals surface area contributed by atoms with Crippen molar-refractivity contribution in [3.05, 3.63) is 29.8 Å². The van der Waals surface area contributed by atoms with Crippen molar-refractivity contribution in [1.29, 1.82) is 0 Å².